The van der Waals surface area contributed by atoms with Gasteiger partial charge in [-0.1, -0.05) is 41.9 Å². The summed E-state index contributed by atoms with van der Waals surface area (Å²) in [4.78, 5) is 0. The Morgan fingerprint density at radius 2 is 1.67 bits per heavy atom. The molecule has 0 aliphatic heterocycles. The molecule has 2 N–H and O–H groups in total. The first-order valence-corrected chi connectivity index (χ1v) is 5.44. The van der Waals surface area contributed by atoms with Crippen molar-refractivity contribution in [1.29, 1.82) is 0 Å². The van der Waals surface area contributed by atoms with E-state index in [0.29, 0.717) is 0 Å². The van der Waals surface area contributed by atoms with Gasteiger partial charge in [-0.2, -0.15) is 0 Å². The van der Waals surface area contributed by atoms with Gasteiger partial charge in [0, 0.05) is 22.0 Å². The SMILES string of the molecule is CC(C)(CN)C(F)(F)c1ccc(Br)cc1. The second kappa shape index (κ2) is 4.18. The van der Waals surface area contributed by atoms with Gasteiger partial charge in [0.25, 0.3) is 5.92 Å². The number of halogens is 3. The average molecular weight is 278 g/mol. The molecule has 0 heterocycles. The quantitative estimate of drug-likeness (QED) is 0.899. The lowest BCUT2D eigenvalue weighted by Crippen LogP contribution is -2.40. The minimum Gasteiger partial charge on any atom is -0.330 e. The van der Waals surface area contributed by atoms with Crippen LogP contribution in [-0.4, -0.2) is 6.54 Å². The van der Waals surface area contributed by atoms with E-state index in [-0.39, 0.29) is 12.1 Å². The summed E-state index contributed by atoms with van der Waals surface area (Å²) in [5, 5.41) is 0. The van der Waals surface area contributed by atoms with Crippen molar-refractivity contribution in [2.24, 2.45) is 11.1 Å². The molecule has 0 atom stereocenters. The smallest absolute Gasteiger partial charge is 0.279 e. The molecule has 1 aromatic rings. The topological polar surface area (TPSA) is 26.0 Å². The van der Waals surface area contributed by atoms with Crippen molar-refractivity contribution < 1.29 is 8.78 Å². The largest absolute Gasteiger partial charge is 0.330 e. The van der Waals surface area contributed by atoms with Gasteiger partial charge in [0.05, 0.1) is 0 Å². The molecule has 0 spiro atoms. The summed E-state index contributed by atoms with van der Waals surface area (Å²) in [6.45, 7) is 2.88. The molecule has 0 bridgehead atoms. The van der Waals surface area contributed by atoms with Crippen LogP contribution in [-0.2, 0) is 5.92 Å². The third-order valence-corrected chi connectivity index (χ3v) is 3.10. The molecule has 0 aromatic heterocycles. The van der Waals surface area contributed by atoms with Crippen LogP contribution < -0.4 is 5.73 Å². The summed E-state index contributed by atoms with van der Waals surface area (Å²) in [6, 6.07) is 6.05. The Labute approximate surface area is 96.8 Å². The van der Waals surface area contributed by atoms with Crippen LogP contribution in [0.2, 0.25) is 0 Å². The molecule has 0 saturated heterocycles. The number of benzene rings is 1. The summed E-state index contributed by atoms with van der Waals surface area (Å²) in [5.41, 5.74) is 4.14. The maximum absolute atomic E-state index is 14.0. The molecule has 15 heavy (non-hydrogen) atoms. The third kappa shape index (κ3) is 2.37. The Balaban J connectivity index is 3.10. The van der Waals surface area contributed by atoms with Crippen molar-refractivity contribution in [2.45, 2.75) is 19.8 Å². The van der Waals surface area contributed by atoms with Gasteiger partial charge in [-0.15, -0.1) is 0 Å². The van der Waals surface area contributed by atoms with E-state index in [1.807, 2.05) is 0 Å². The van der Waals surface area contributed by atoms with Gasteiger partial charge in [0.1, 0.15) is 0 Å². The molecule has 0 unspecified atom stereocenters. The minimum absolute atomic E-state index is 0.00106. The highest BCUT2D eigenvalue weighted by molar-refractivity contribution is 9.10. The van der Waals surface area contributed by atoms with E-state index in [0.717, 1.165) is 4.47 Å². The van der Waals surface area contributed by atoms with Crippen LogP contribution in [0.25, 0.3) is 0 Å². The highest BCUT2D eigenvalue weighted by Crippen LogP contribution is 2.44. The fourth-order valence-corrected chi connectivity index (χ4v) is 1.44. The second-order valence-corrected chi connectivity index (χ2v) is 5.08. The molecule has 1 aromatic carbocycles. The van der Waals surface area contributed by atoms with Crippen molar-refractivity contribution in [3.8, 4) is 0 Å². The molecule has 0 aliphatic rings. The van der Waals surface area contributed by atoms with Gasteiger partial charge in [0.2, 0.25) is 0 Å². The van der Waals surface area contributed by atoms with Crippen LogP contribution in [0.4, 0.5) is 8.78 Å². The van der Waals surface area contributed by atoms with Crippen LogP contribution >= 0.6 is 15.9 Å². The van der Waals surface area contributed by atoms with Crippen LogP contribution in [0.3, 0.4) is 0 Å². The summed E-state index contributed by atoms with van der Waals surface area (Å²) >= 11 is 3.21. The first-order chi connectivity index (χ1) is 6.81. The Kier molecular flexibility index (Phi) is 3.51. The van der Waals surface area contributed by atoms with E-state index in [1.165, 1.54) is 26.0 Å². The Hall–Kier alpha value is -0.480. The molecule has 4 heteroatoms. The van der Waals surface area contributed by atoms with Gasteiger partial charge >= 0.3 is 0 Å². The lowest BCUT2D eigenvalue weighted by Gasteiger charge is -2.33. The first kappa shape index (κ1) is 12.6. The standard InChI is InChI=1S/C11H14BrF2N/c1-10(2,7-15)11(13,14)8-3-5-9(12)6-4-8/h3-6H,7,15H2,1-2H3. The third-order valence-electron chi connectivity index (χ3n) is 2.57. The van der Waals surface area contributed by atoms with Gasteiger partial charge in [-0.05, 0) is 12.1 Å². The Morgan fingerprint density at radius 1 is 1.20 bits per heavy atom. The molecular weight excluding hydrogens is 264 g/mol. The van der Waals surface area contributed by atoms with Crippen molar-refractivity contribution in [3.63, 3.8) is 0 Å². The highest BCUT2D eigenvalue weighted by atomic mass is 79.9. The normalized spacial score (nSPS) is 12.9. The van der Waals surface area contributed by atoms with E-state index in [9.17, 15) is 8.78 Å². The van der Waals surface area contributed by atoms with E-state index in [1.54, 1.807) is 12.1 Å². The van der Waals surface area contributed by atoms with Crippen molar-refractivity contribution >= 4 is 15.9 Å². The Bertz CT molecular complexity index is 333. The molecule has 1 nitrogen and oxygen atoms in total. The van der Waals surface area contributed by atoms with Crippen LogP contribution in [0.15, 0.2) is 28.7 Å². The molecule has 1 rings (SSSR count). The molecular formula is C11H14BrF2N. The number of alkyl halides is 2. The number of rotatable bonds is 3. The van der Waals surface area contributed by atoms with Gasteiger partial charge in [0.15, 0.2) is 0 Å². The van der Waals surface area contributed by atoms with Gasteiger partial charge in [-0.3, -0.25) is 0 Å². The molecule has 0 fully saturated rings. The van der Waals surface area contributed by atoms with E-state index >= 15 is 0 Å². The maximum Gasteiger partial charge on any atom is 0.279 e. The van der Waals surface area contributed by atoms with Crippen LogP contribution in [0, 0.1) is 5.41 Å². The average Bonchev–Trinajstić information content (AvgIpc) is 2.18. The van der Waals surface area contributed by atoms with Crippen LogP contribution in [0.1, 0.15) is 19.4 Å². The lowest BCUT2D eigenvalue weighted by atomic mass is 9.82. The van der Waals surface area contributed by atoms with Crippen molar-refractivity contribution in [1.82, 2.24) is 0 Å². The summed E-state index contributed by atoms with van der Waals surface area (Å²) in [6.07, 6.45) is 0. The Morgan fingerprint density at radius 3 is 2.07 bits per heavy atom. The predicted octanol–water partition coefficient (Wildman–Crippen LogP) is 3.53. The zero-order valence-electron chi connectivity index (χ0n) is 8.73. The van der Waals surface area contributed by atoms with E-state index in [4.69, 9.17) is 5.73 Å². The van der Waals surface area contributed by atoms with Gasteiger partial charge in [-0.25, -0.2) is 8.78 Å². The zero-order chi connectivity index (χ0) is 11.7. The monoisotopic (exact) mass is 277 g/mol. The summed E-state index contributed by atoms with van der Waals surface area (Å²) in [5.74, 6) is -2.91. The molecule has 0 radical (unpaired) electrons. The number of hydrogen-bond acceptors (Lipinski definition) is 1. The summed E-state index contributed by atoms with van der Waals surface area (Å²) in [7, 11) is 0. The fraction of sp³-hybridized carbons (Fsp3) is 0.455. The maximum atomic E-state index is 14.0. The van der Waals surface area contributed by atoms with Crippen molar-refractivity contribution in [3.05, 3.63) is 34.3 Å². The van der Waals surface area contributed by atoms with E-state index in [2.05, 4.69) is 15.9 Å². The minimum atomic E-state index is -2.91. The molecule has 0 aliphatic carbocycles. The first-order valence-electron chi connectivity index (χ1n) is 4.65. The summed E-state index contributed by atoms with van der Waals surface area (Å²) < 4.78 is 28.7. The van der Waals surface area contributed by atoms with Gasteiger partial charge < -0.3 is 5.73 Å². The zero-order valence-corrected chi connectivity index (χ0v) is 10.3. The second-order valence-electron chi connectivity index (χ2n) is 4.17. The van der Waals surface area contributed by atoms with E-state index < -0.39 is 11.3 Å². The number of nitrogens with two attached hydrogens (primary N) is 1. The molecule has 0 amide bonds. The van der Waals surface area contributed by atoms with Crippen molar-refractivity contribution in [2.75, 3.05) is 6.54 Å². The number of hydrogen-bond donors (Lipinski definition) is 1. The lowest BCUT2D eigenvalue weighted by molar-refractivity contribution is -0.108. The predicted molar refractivity (Wildman–Crippen MR) is 60.9 cm³/mol. The van der Waals surface area contributed by atoms with Crippen LogP contribution in [0.5, 0.6) is 0 Å². The molecule has 0 saturated carbocycles. The molecule has 84 valence electrons. The fourth-order valence-electron chi connectivity index (χ4n) is 1.18. The highest BCUT2D eigenvalue weighted by Gasteiger charge is 2.46.